The number of aromatic nitrogens is 1. The number of fused-ring (bicyclic) bond motifs is 3. The molecule has 0 bridgehead atoms. The average Bonchev–Trinajstić information content (AvgIpc) is 3.23. The second kappa shape index (κ2) is 11.5. The molecule has 5 heteroatoms. The molecule has 5 rings (SSSR count). The van der Waals surface area contributed by atoms with Crippen LogP contribution in [0.1, 0.15) is 50.7 Å². The summed E-state index contributed by atoms with van der Waals surface area (Å²) in [5.41, 5.74) is 12.1. The van der Waals surface area contributed by atoms with E-state index in [1.807, 2.05) is 12.1 Å². The molecule has 0 spiro atoms. The van der Waals surface area contributed by atoms with Crippen LogP contribution in [-0.2, 0) is 24.4 Å². The zero-order chi connectivity index (χ0) is 25.8. The number of carbonyl (C=O) groups excluding carboxylic acids is 1. The van der Waals surface area contributed by atoms with E-state index in [1.54, 1.807) is 6.92 Å². The molecule has 3 N–H and O–H groups in total. The maximum absolute atomic E-state index is 11.4. The molecular formula is C32H40N4O. The van der Waals surface area contributed by atoms with E-state index in [2.05, 4.69) is 76.3 Å². The number of amides is 1. The first kappa shape index (κ1) is 25.5. The Morgan fingerprint density at radius 3 is 2.24 bits per heavy atom. The Bertz CT molecular complexity index is 1350. The summed E-state index contributed by atoms with van der Waals surface area (Å²) in [4.78, 5) is 14.0. The van der Waals surface area contributed by atoms with E-state index in [4.69, 9.17) is 5.73 Å². The van der Waals surface area contributed by atoms with Crippen LogP contribution in [0.25, 0.3) is 21.8 Å². The van der Waals surface area contributed by atoms with Gasteiger partial charge < -0.3 is 15.6 Å². The third-order valence-electron chi connectivity index (χ3n) is 8.06. The molecule has 37 heavy (non-hydrogen) atoms. The molecule has 194 valence electrons. The summed E-state index contributed by atoms with van der Waals surface area (Å²) in [5, 5.41) is 5.55. The average molecular weight is 497 g/mol. The molecule has 1 aromatic heterocycles. The number of rotatable bonds is 9. The number of hydrogen-bond acceptors (Lipinski definition) is 3. The van der Waals surface area contributed by atoms with Gasteiger partial charge in [0.05, 0.1) is 0 Å². The minimum atomic E-state index is -0.0396. The van der Waals surface area contributed by atoms with Crippen molar-refractivity contribution >= 4 is 33.4 Å². The van der Waals surface area contributed by atoms with E-state index in [9.17, 15) is 4.79 Å². The van der Waals surface area contributed by atoms with E-state index in [-0.39, 0.29) is 5.91 Å². The fourth-order valence-electron chi connectivity index (χ4n) is 6.15. The molecule has 1 fully saturated rings. The van der Waals surface area contributed by atoms with Crippen molar-refractivity contribution in [1.82, 2.24) is 9.47 Å². The predicted molar refractivity (Wildman–Crippen MR) is 154 cm³/mol. The van der Waals surface area contributed by atoms with Gasteiger partial charge in [-0.15, -0.1) is 0 Å². The first-order valence-electron chi connectivity index (χ1n) is 13.8. The number of anilines is 1. The van der Waals surface area contributed by atoms with Crippen molar-refractivity contribution in [3.05, 3.63) is 77.9 Å². The zero-order valence-electron chi connectivity index (χ0n) is 22.2. The van der Waals surface area contributed by atoms with Crippen molar-refractivity contribution in [1.29, 1.82) is 0 Å². The first-order chi connectivity index (χ1) is 18.0. The van der Waals surface area contributed by atoms with E-state index < -0.39 is 0 Å². The monoisotopic (exact) mass is 496 g/mol. The molecule has 0 saturated heterocycles. The molecule has 1 aliphatic carbocycles. The Morgan fingerprint density at radius 2 is 1.54 bits per heavy atom. The molecule has 5 nitrogen and oxygen atoms in total. The van der Waals surface area contributed by atoms with Crippen molar-refractivity contribution in [2.45, 2.75) is 59.2 Å². The van der Waals surface area contributed by atoms with E-state index in [0.717, 1.165) is 38.4 Å². The highest BCUT2D eigenvalue weighted by atomic mass is 16.1. The Kier molecular flexibility index (Phi) is 7.92. The van der Waals surface area contributed by atoms with Gasteiger partial charge in [-0.25, -0.2) is 0 Å². The van der Waals surface area contributed by atoms with Gasteiger partial charge in [0.15, 0.2) is 0 Å². The highest BCUT2D eigenvalue weighted by Crippen LogP contribution is 2.32. The normalized spacial score (nSPS) is 18.1. The summed E-state index contributed by atoms with van der Waals surface area (Å²) in [6, 6.07) is 24.1. The maximum Gasteiger partial charge on any atom is 0.221 e. The van der Waals surface area contributed by atoms with Crippen LogP contribution in [0.15, 0.2) is 66.7 Å². The number of benzene rings is 3. The summed E-state index contributed by atoms with van der Waals surface area (Å²) in [6.07, 6.45) is 5.04. The summed E-state index contributed by atoms with van der Waals surface area (Å²) in [5.74, 6) is 1.37. The lowest BCUT2D eigenvalue weighted by atomic mass is 9.82. The number of nitrogens with two attached hydrogens (primary N) is 1. The zero-order valence-corrected chi connectivity index (χ0v) is 22.2. The van der Waals surface area contributed by atoms with Crippen LogP contribution in [-0.4, -0.2) is 28.5 Å². The molecule has 0 aliphatic heterocycles. The Labute approximate surface area is 220 Å². The van der Waals surface area contributed by atoms with Gasteiger partial charge in [-0.1, -0.05) is 36.4 Å². The second-order valence-electron chi connectivity index (χ2n) is 10.8. The van der Waals surface area contributed by atoms with Gasteiger partial charge in [0.25, 0.3) is 0 Å². The molecule has 1 saturated carbocycles. The van der Waals surface area contributed by atoms with E-state index in [1.165, 1.54) is 58.6 Å². The minimum Gasteiger partial charge on any atom is -0.341 e. The Hall–Kier alpha value is -3.15. The second-order valence-corrected chi connectivity index (χ2v) is 10.8. The topological polar surface area (TPSA) is 63.3 Å². The lowest BCUT2D eigenvalue weighted by Crippen LogP contribution is -2.32. The van der Waals surface area contributed by atoms with Crippen LogP contribution in [0.3, 0.4) is 0 Å². The van der Waals surface area contributed by atoms with Gasteiger partial charge in [-0.2, -0.15) is 0 Å². The first-order valence-corrected chi connectivity index (χ1v) is 13.8. The lowest BCUT2D eigenvalue weighted by Gasteiger charge is -2.32. The third kappa shape index (κ3) is 5.89. The predicted octanol–water partition coefficient (Wildman–Crippen LogP) is 6.54. The van der Waals surface area contributed by atoms with Crippen molar-refractivity contribution in [2.75, 3.05) is 18.4 Å². The number of aryl methyl sites for hydroxylation is 1. The number of para-hydroxylation sites is 1. The van der Waals surface area contributed by atoms with Gasteiger partial charge in [0, 0.05) is 60.6 Å². The molecule has 4 aromatic rings. The van der Waals surface area contributed by atoms with Crippen LogP contribution in [0.2, 0.25) is 0 Å². The number of nitrogens with zero attached hydrogens (tertiary/aromatic N) is 2. The summed E-state index contributed by atoms with van der Waals surface area (Å²) in [6.45, 7) is 8.47. The molecule has 0 radical (unpaired) electrons. The molecule has 0 atom stereocenters. The highest BCUT2D eigenvalue weighted by Gasteiger charge is 2.23. The smallest absolute Gasteiger partial charge is 0.221 e. The van der Waals surface area contributed by atoms with Crippen molar-refractivity contribution in [3.63, 3.8) is 0 Å². The Balaban J connectivity index is 1.39. The van der Waals surface area contributed by atoms with Gasteiger partial charge in [0.2, 0.25) is 5.91 Å². The van der Waals surface area contributed by atoms with Crippen molar-refractivity contribution < 1.29 is 4.79 Å². The maximum atomic E-state index is 11.4. The van der Waals surface area contributed by atoms with E-state index in [0.29, 0.717) is 11.8 Å². The molecule has 1 heterocycles. The Morgan fingerprint density at radius 1 is 0.892 bits per heavy atom. The van der Waals surface area contributed by atoms with Gasteiger partial charge in [-0.05, 0) is 92.4 Å². The van der Waals surface area contributed by atoms with Crippen molar-refractivity contribution in [2.24, 2.45) is 17.6 Å². The largest absolute Gasteiger partial charge is 0.341 e. The molecule has 1 aliphatic rings. The van der Waals surface area contributed by atoms with Crippen LogP contribution in [0, 0.1) is 11.8 Å². The summed E-state index contributed by atoms with van der Waals surface area (Å²) in [7, 11) is 0. The molecular weight excluding hydrogens is 456 g/mol. The van der Waals surface area contributed by atoms with Crippen LogP contribution < -0.4 is 11.1 Å². The summed E-state index contributed by atoms with van der Waals surface area (Å²) >= 11 is 0. The van der Waals surface area contributed by atoms with Crippen LogP contribution in [0.5, 0.6) is 0 Å². The van der Waals surface area contributed by atoms with Crippen LogP contribution in [0.4, 0.5) is 5.69 Å². The minimum absolute atomic E-state index is 0.0396. The molecule has 0 unspecified atom stereocenters. The van der Waals surface area contributed by atoms with Gasteiger partial charge in [-0.3, -0.25) is 9.69 Å². The third-order valence-corrected chi connectivity index (χ3v) is 8.06. The summed E-state index contributed by atoms with van der Waals surface area (Å²) < 4.78 is 2.42. The standard InChI is InChI=1S/C32H40N4O/c1-3-36-31-7-5-4-6-29(31)30-18-27(14-17-32(30)36)22-35(20-25-10-8-24(19-33)9-11-25)21-26-12-15-28(16-13-26)34-23(2)37/h4-7,12-18,24-25H,3,8-11,19-22,33H2,1-2H3,(H,34,37). The van der Waals surface area contributed by atoms with Gasteiger partial charge in [0.1, 0.15) is 0 Å². The number of nitrogens with one attached hydrogen (secondary N) is 1. The fourth-order valence-corrected chi connectivity index (χ4v) is 6.15. The highest BCUT2D eigenvalue weighted by molar-refractivity contribution is 6.08. The number of carbonyl (C=O) groups is 1. The molecule has 1 amide bonds. The quantitative estimate of drug-likeness (QED) is 0.277. The fraction of sp³-hybridized carbons (Fsp3) is 0.406. The number of hydrogen-bond donors (Lipinski definition) is 2. The molecule has 3 aromatic carbocycles. The van der Waals surface area contributed by atoms with E-state index >= 15 is 0 Å². The van der Waals surface area contributed by atoms with Crippen molar-refractivity contribution in [3.8, 4) is 0 Å². The van der Waals surface area contributed by atoms with Gasteiger partial charge >= 0.3 is 0 Å². The SMILES string of the molecule is CCn1c2ccccc2c2cc(CN(Cc3ccc(NC(C)=O)cc3)CC3CCC(CN)CC3)ccc21. The lowest BCUT2D eigenvalue weighted by molar-refractivity contribution is -0.114. The van der Waals surface area contributed by atoms with Crippen LogP contribution >= 0.6 is 0 Å².